The van der Waals surface area contributed by atoms with Crippen LogP contribution in [0, 0.1) is 0 Å². The van der Waals surface area contributed by atoms with E-state index in [-0.39, 0.29) is 18.1 Å². The van der Waals surface area contributed by atoms with Gasteiger partial charge in [-0.05, 0) is 37.1 Å². The molecule has 0 radical (unpaired) electrons. The SMILES string of the molecule is CCCNC(=O)C(C)N(Cc1ccccc1Cl)C(=O)CN(c1ccc2c(c1)OCCO2)S(C)(=O)=O. The minimum absolute atomic E-state index is 0.0396. The monoisotopic (exact) mass is 523 g/mol. The van der Waals surface area contributed by atoms with Gasteiger partial charge < -0.3 is 19.7 Å². The normalized spacial score (nSPS) is 13.6. The molecule has 190 valence electrons. The summed E-state index contributed by atoms with van der Waals surface area (Å²) in [6, 6.07) is 10.8. The van der Waals surface area contributed by atoms with E-state index in [0.717, 1.165) is 17.0 Å². The van der Waals surface area contributed by atoms with Crippen molar-refractivity contribution in [2.24, 2.45) is 0 Å². The van der Waals surface area contributed by atoms with Crippen molar-refractivity contribution in [3.63, 3.8) is 0 Å². The van der Waals surface area contributed by atoms with Gasteiger partial charge in [0.2, 0.25) is 21.8 Å². The maximum atomic E-state index is 13.5. The summed E-state index contributed by atoms with van der Waals surface area (Å²) < 4.78 is 37.5. The summed E-state index contributed by atoms with van der Waals surface area (Å²) in [7, 11) is -3.85. The molecule has 35 heavy (non-hydrogen) atoms. The Balaban J connectivity index is 1.91. The summed E-state index contributed by atoms with van der Waals surface area (Å²) in [5.41, 5.74) is 0.897. The van der Waals surface area contributed by atoms with Crippen molar-refractivity contribution in [2.45, 2.75) is 32.9 Å². The summed E-state index contributed by atoms with van der Waals surface area (Å²) in [5, 5.41) is 3.23. The molecule has 1 aliphatic rings. The van der Waals surface area contributed by atoms with Gasteiger partial charge in [-0.15, -0.1) is 0 Å². The van der Waals surface area contributed by atoms with Gasteiger partial charge in [0.25, 0.3) is 0 Å². The highest BCUT2D eigenvalue weighted by Gasteiger charge is 2.31. The maximum Gasteiger partial charge on any atom is 0.244 e. The molecule has 1 aliphatic heterocycles. The van der Waals surface area contributed by atoms with Gasteiger partial charge in [0, 0.05) is 24.2 Å². The van der Waals surface area contributed by atoms with E-state index in [4.69, 9.17) is 21.1 Å². The zero-order valence-electron chi connectivity index (χ0n) is 20.0. The molecule has 0 spiro atoms. The van der Waals surface area contributed by atoms with Crippen molar-refractivity contribution in [3.8, 4) is 11.5 Å². The molecule has 0 aromatic heterocycles. The third-order valence-electron chi connectivity index (χ3n) is 5.51. The number of ether oxygens (including phenoxy) is 2. The molecule has 0 aliphatic carbocycles. The molecule has 0 saturated heterocycles. The van der Waals surface area contributed by atoms with Crippen molar-refractivity contribution in [1.29, 1.82) is 0 Å². The minimum atomic E-state index is -3.85. The van der Waals surface area contributed by atoms with Crippen LogP contribution in [0.5, 0.6) is 11.5 Å². The van der Waals surface area contributed by atoms with E-state index in [2.05, 4.69) is 5.32 Å². The second-order valence-corrected chi connectivity index (χ2v) is 10.5. The van der Waals surface area contributed by atoms with Gasteiger partial charge in [0.1, 0.15) is 25.8 Å². The molecule has 0 fully saturated rings. The smallest absolute Gasteiger partial charge is 0.244 e. The predicted octanol–water partition coefficient (Wildman–Crippen LogP) is 2.82. The van der Waals surface area contributed by atoms with Gasteiger partial charge in [0.15, 0.2) is 11.5 Å². The number of nitrogens with zero attached hydrogens (tertiary/aromatic N) is 2. The molecule has 2 aromatic carbocycles. The fourth-order valence-corrected chi connectivity index (χ4v) is 4.63. The number of nitrogens with one attached hydrogen (secondary N) is 1. The zero-order chi connectivity index (χ0) is 25.6. The van der Waals surface area contributed by atoms with E-state index in [1.807, 2.05) is 6.92 Å². The van der Waals surface area contributed by atoms with Crippen LogP contribution in [0.1, 0.15) is 25.8 Å². The quantitative estimate of drug-likeness (QED) is 0.513. The topological polar surface area (TPSA) is 105 Å². The Hall–Kier alpha value is -2.98. The Morgan fingerprint density at radius 3 is 2.46 bits per heavy atom. The number of fused-ring (bicyclic) bond motifs is 1. The lowest BCUT2D eigenvalue weighted by atomic mass is 10.1. The van der Waals surface area contributed by atoms with Crippen LogP contribution in [-0.4, -0.2) is 63.7 Å². The van der Waals surface area contributed by atoms with Crippen molar-refractivity contribution >= 4 is 39.1 Å². The number of benzene rings is 2. The molecule has 1 atom stereocenters. The van der Waals surface area contributed by atoms with Crippen LogP contribution in [0.3, 0.4) is 0 Å². The predicted molar refractivity (Wildman–Crippen MR) is 134 cm³/mol. The van der Waals surface area contributed by atoms with E-state index in [0.29, 0.717) is 41.8 Å². The molecule has 1 heterocycles. The first kappa shape index (κ1) is 26.6. The first-order chi connectivity index (χ1) is 16.6. The Bertz CT molecular complexity index is 1170. The average molecular weight is 524 g/mol. The largest absolute Gasteiger partial charge is 0.486 e. The lowest BCUT2D eigenvalue weighted by Crippen LogP contribution is -2.51. The summed E-state index contributed by atoms with van der Waals surface area (Å²) in [5.74, 6) is 0.0123. The van der Waals surface area contributed by atoms with Crippen molar-refractivity contribution in [2.75, 3.05) is 36.9 Å². The summed E-state index contributed by atoms with van der Waals surface area (Å²) in [6.45, 7) is 4.26. The molecule has 1 N–H and O–H groups in total. The third kappa shape index (κ3) is 6.79. The van der Waals surface area contributed by atoms with Gasteiger partial charge in [0.05, 0.1) is 11.9 Å². The number of halogens is 1. The van der Waals surface area contributed by atoms with Crippen LogP contribution < -0.4 is 19.1 Å². The van der Waals surface area contributed by atoms with Crippen LogP contribution in [0.4, 0.5) is 5.69 Å². The van der Waals surface area contributed by atoms with Crippen LogP contribution >= 0.6 is 11.6 Å². The fraction of sp³-hybridized carbons (Fsp3) is 0.417. The molecular formula is C24H30ClN3O6S. The lowest BCUT2D eigenvalue weighted by molar-refractivity contribution is -0.139. The van der Waals surface area contributed by atoms with Gasteiger partial charge >= 0.3 is 0 Å². The van der Waals surface area contributed by atoms with Gasteiger partial charge in [-0.1, -0.05) is 36.7 Å². The number of sulfonamides is 1. The second kappa shape index (κ2) is 11.6. The number of hydrogen-bond acceptors (Lipinski definition) is 6. The van der Waals surface area contributed by atoms with Crippen LogP contribution in [-0.2, 0) is 26.2 Å². The average Bonchev–Trinajstić information content (AvgIpc) is 2.83. The molecule has 0 saturated carbocycles. The summed E-state index contributed by atoms with van der Waals surface area (Å²) in [6.07, 6.45) is 1.76. The number of anilines is 1. The lowest BCUT2D eigenvalue weighted by Gasteiger charge is -2.32. The number of amides is 2. The zero-order valence-corrected chi connectivity index (χ0v) is 21.6. The highest BCUT2D eigenvalue weighted by atomic mass is 35.5. The molecule has 9 nitrogen and oxygen atoms in total. The number of carbonyl (C=O) groups is 2. The maximum absolute atomic E-state index is 13.5. The van der Waals surface area contributed by atoms with Gasteiger partial charge in [-0.25, -0.2) is 8.42 Å². The first-order valence-corrected chi connectivity index (χ1v) is 13.5. The summed E-state index contributed by atoms with van der Waals surface area (Å²) in [4.78, 5) is 27.6. The van der Waals surface area contributed by atoms with E-state index >= 15 is 0 Å². The molecule has 0 bridgehead atoms. The Morgan fingerprint density at radius 1 is 1.11 bits per heavy atom. The molecule has 1 unspecified atom stereocenters. The van der Waals surface area contributed by atoms with Gasteiger partial charge in [-0.3, -0.25) is 13.9 Å². The molecule has 2 aromatic rings. The van der Waals surface area contributed by atoms with E-state index in [9.17, 15) is 18.0 Å². The van der Waals surface area contributed by atoms with Crippen LogP contribution in [0.25, 0.3) is 0 Å². The number of hydrogen-bond donors (Lipinski definition) is 1. The molecule has 2 amide bonds. The van der Waals surface area contributed by atoms with Crippen molar-refractivity contribution < 1.29 is 27.5 Å². The highest BCUT2D eigenvalue weighted by molar-refractivity contribution is 7.92. The third-order valence-corrected chi connectivity index (χ3v) is 7.02. The van der Waals surface area contributed by atoms with Crippen LogP contribution in [0.15, 0.2) is 42.5 Å². The van der Waals surface area contributed by atoms with E-state index in [1.165, 1.54) is 11.0 Å². The first-order valence-electron chi connectivity index (χ1n) is 11.3. The standard InChI is InChI=1S/C24H30ClN3O6S/c1-4-11-26-24(30)17(2)27(15-18-7-5-6-8-20(18)25)23(29)16-28(35(3,31)32)19-9-10-21-22(14-19)34-13-12-33-21/h5-10,14,17H,4,11-13,15-16H2,1-3H3,(H,26,30). The van der Waals surface area contributed by atoms with Crippen molar-refractivity contribution in [3.05, 3.63) is 53.1 Å². The molecule has 3 rings (SSSR count). The number of carbonyl (C=O) groups excluding carboxylic acids is 2. The Morgan fingerprint density at radius 2 is 1.80 bits per heavy atom. The molecule has 11 heteroatoms. The Kier molecular flexibility index (Phi) is 8.85. The number of rotatable bonds is 10. The van der Waals surface area contributed by atoms with Gasteiger partial charge in [-0.2, -0.15) is 0 Å². The minimum Gasteiger partial charge on any atom is -0.486 e. The van der Waals surface area contributed by atoms with Crippen LogP contribution in [0.2, 0.25) is 5.02 Å². The Labute approximate surface area is 211 Å². The van der Waals surface area contributed by atoms with Crippen molar-refractivity contribution in [1.82, 2.24) is 10.2 Å². The van der Waals surface area contributed by atoms with E-state index < -0.39 is 28.5 Å². The van der Waals surface area contributed by atoms with E-state index in [1.54, 1.807) is 43.3 Å². The fourth-order valence-electron chi connectivity index (χ4n) is 3.59. The second-order valence-electron chi connectivity index (χ2n) is 8.18. The molecular weight excluding hydrogens is 494 g/mol. The summed E-state index contributed by atoms with van der Waals surface area (Å²) >= 11 is 6.31. The highest BCUT2D eigenvalue weighted by Crippen LogP contribution is 2.34.